The van der Waals surface area contributed by atoms with Crippen LogP contribution in [0.5, 0.6) is 0 Å². The second kappa shape index (κ2) is 6.04. The van der Waals surface area contributed by atoms with Gasteiger partial charge in [0.25, 0.3) is 11.6 Å². The molecule has 0 atom stereocenters. The van der Waals surface area contributed by atoms with E-state index < -0.39 is 16.8 Å². The maximum Gasteiger partial charge on any atom is 0.343 e. The number of ether oxygens (including phenoxy) is 1. The van der Waals surface area contributed by atoms with Crippen LogP contribution in [0.3, 0.4) is 0 Å². The highest BCUT2D eigenvalue weighted by Crippen LogP contribution is 2.21. The molecule has 1 aromatic heterocycles. The van der Waals surface area contributed by atoms with E-state index in [9.17, 15) is 19.7 Å². The number of rotatable bonds is 4. The summed E-state index contributed by atoms with van der Waals surface area (Å²) in [7, 11) is 0. The molecular weight excluding hydrogens is 292 g/mol. The van der Waals surface area contributed by atoms with Gasteiger partial charge in [0.1, 0.15) is 16.9 Å². The molecule has 2 N–H and O–H groups in total. The molecule has 0 aliphatic rings. The fourth-order valence-corrected chi connectivity index (χ4v) is 1.81. The zero-order chi connectivity index (χ0) is 16.3. The lowest BCUT2D eigenvalue weighted by atomic mass is 10.1. The molecule has 22 heavy (non-hydrogen) atoms. The fourth-order valence-electron chi connectivity index (χ4n) is 1.81. The van der Waals surface area contributed by atoms with Gasteiger partial charge in [-0.3, -0.25) is 14.9 Å². The van der Waals surface area contributed by atoms with Crippen molar-refractivity contribution in [1.82, 2.24) is 9.78 Å². The van der Waals surface area contributed by atoms with Crippen molar-refractivity contribution in [3.8, 4) is 0 Å². The molecule has 0 saturated heterocycles. The van der Waals surface area contributed by atoms with Crippen LogP contribution >= 0.6 is 0 Å². The number of nitrogen functional groups attached to an aromatic ring is 1. The van der Waals surface area contributed by atoms with Crippen molar-refractivity contribution in [2.45, 2.75) is 6.92 Å². The number of hydrogen-bond donors (Lipinski definition) is 1. The zero-order valence-electron chi connectivity index (χ0n) is 11.6. The molecule has 114 valence electrons. The van der Waals surface area contributed by atoms with E-state index in [1.807, 2.05) is 0 Å². The molecule has 0 amide bonds. The van der Waals surface area contributed by atoms with Crippen LogP contribution in [0.25, 0.3) is 0 Å². The van der Waals surface area contributed by atoms with E-state index >= 15 is 0 Å². The van der Waals surface area contributed by atoms with E-state index in [0.29, 0.717) is 0 Å². The molecule has 9 nitrogen and oxygen atoms in total. The third-order valence-electron chi connectivity index (χ3n) is 2.83. The standard InChI is InChI=1S/C13H12N4O5/c1-2-22-13(19)9-7-15-16(11(9)14)12(18)8-5-3-4-6-10(8)17(20)21/h3-7H,2,14H2,1H3. The van der Waals surface area contributed by atoms with Crippen LogP contribution < -0.4 is 5.73 Å². The minimum atomic E-state index is -0.805. The predicted octanol–water partition coefficient (Wildman–Crippen LogP) is 1.24. The Labute approximate surface area is 124 Å². The van der Waals surface area contributed by atoms with E-state index in [2.05, 4.69) is 5.10 Å². The van der Waals surface area contributed by atoms with Crippen molar-refractivity contribution in [1.29, 1.82) is 0 Å². The maximum atomic E-state index is 12.4. The second-order valence-corrected chi connectivity index (χ2v) is 4.16. The van der Waals surface area contributed by atoms with Crippen molar-refractivity contribution < 1.29 is 19.2 Å². The predicted molar refractivity (Wildman–Crippen MR) is 75.4 cm³/mol. The Morgan fingerprint density at radius 3 is 2.68 bits per heavy atom. The van der Waals surface area contributed by atoms with Gasteiger partial charge in [-0.2, -0.15) is 9.78 Å². The Bertz CT molecular complexity index is 753. The number of anilines is 1. The van der Waals surface area contributed by atoms with Crippen molar-refractivity contribution >= 4 is 23.4 Å². The van der Waals surface area contributed by atoms with E-state index in [1.54, 1.807) is 6.92 Å². The number of carbonyl (C=O) groups excluding carboxylic acids is 2. The van der Waals surface area contributed by atoms with Crippen LogP contribution in [0.1, 0.15) is 27.6 Å². The highest BCUT2D eigenvalue weighted by Gasteiger charge is 2.25. The number of benzene rings is 1. The third kappa shape index (κ3) is 2.64. The monoisotopic (exact) mass is 304 g/mol. The van der Waals surface area contributed by atoms with Crippen LogP contribution in [0.2, 0.25) is 0 Å². The average molecular weight is 304 g/mol. The van der Waals surface area contributed by atoms with Crippen molar-refractivity contribution in [3.63, 3.8) is 0 Å². The molecule has 1 aromatic carbocycles. The number of nitro benzene ring substituents is 1. The van der Waals surface area contributed by atoms with Gasteiger partial charge < -0.3 is 10.5 Å². The summed E-state index contributed by atoms with van der Waals surface area (Å²) in [4.78, 5) is 34.3. The summed E-state index contributed by atoms with van der Waals surface area (Å²) in [6.45, 7) is 1.76. The van der Waals surface area contributed by atoms with Gasteiger partial charge in [-0.25, -0.2) is 4.79 Å². The molecular formula is C13H12N4O5. The Morgan fingerprint density at radius 1 is 1.36 bits per heavy atom. The summed E-state index contributed by atoms with van der Waals surface area (Å²) in [6.07, 6.45) is 1.08. The van der Waals surface area contributed by atoms with Crippen molar-refractivity contribution in [2.75, 3.05) is 12.3 Å². The summed E-state index contributed by atoms with van der Waals surface area (Å²) in [5.74, 6) is -1.76. The SMILES string of the molecule is CCOC(=O)c1cnn(C(=O)c2ccccc2[N+](=O)[O-])c1N. The summed E-state index contributed by atoms with van der Waals surface area (Å²) < 4.78 is 5.51. The van der Waals surface area contributed by atoms with Crippen LogP contribution in [-0.4, -0.2) is 33.2 Å². The molecule has 0 saturated carbocycles. The van der Waals surface area contributed by atoms with Crippen LogP contribution in [0.4, 0.5) is 11.5 Å². The lowest BCUT2D eigenvalue weighted by Crippen LogP contribution is -2.18. The van der Waals surface area contributed by atoms with Gasteiger partial charge in [0.2, 0.25) is 0 Å². The highest BCUT2D eigenvalue weighted by atomic mass is 16.6. The molecule has 0 aliphatic heterocycles. The minimum Gasteiger partial charge on any atom is -0.462 e. The van der Waals surface area contributed by atoms with Gasteiger partial charge >= 0.3 is 5.97 Å². The molecule has 0 fully saturated rings. The summed E-state index contributed by atoms with van der Waals surface area (Å²) in [6, 6.07) is 5.39. The normalized spacial score (nSPS) is 10.2. The topological polar surface area (TPSA) is 130 Å². The largest absolute Gasteiger partial charge is 0.462 e. The molecule has 0 spiro atoms. The summed E-state index contributed by atoms with van der Waals surface area (Å²) in [5.41, 5.74) is 5.08. The Hall–Kier alpha value is -3.23. The number of esters is 1. The molecule has 0 unspecified atom stereocenters. The number of nitrogens with zero attached hydrogens (tertiary/aromatic N) is 3. The Balaban J connectivity index is 2.44. The Kier molecular flexibility index (Phi) is 4.16. The first-order valence-electron chi connectivity index (χ1n) is 6.26. The number of nitro groups is 1. The number of aromatic nitrogens is 2. The van der Waals surface area contributed by atoms with Gasteiger partial charge in [-0.15, -0.1) is 0 Å². The quantitative estimate of drug-likeness (QED) is 0.510. The third-order valence-corrected chi connectivity index (χ3v) is 2.83. The molecule has 2 rings (SSSR count). The first-order valence-corrected chi connectivity index (χ1v) is 6.26. The molecule has 0 bridgehead atoms. The number of carbonyl (C=O) groups is 2. The van der Waals surface area contributed by atoms with Gasteiger partial charge in [0.15, 0.2) is 0 Å². The minimum absolute atomic E-state index is 0.0752. The number of hydrogen-bond acceptors (Lipinski definition) is 7. The summed E-state index contributed by atoms with van der Waals surface area (Å²) >= 11 is 0. The highest BCUT2D eigenvalue weighted by molar-refractivity contribution is 6.03. The zero-order valence-corrected chi connectivity index (χ0v) is 11.6. The van der Waals surface area contributed by atoms with Crippen LogP contribution in [-0.2, 0) is 4.74 Å². The molecule has 9 heteroatoms. The second-order valence-electron chi connectivity index (χ2n) is 4.16. The smallest absolute Gasteiger partial charge is 0.343 e. The van der Waals surface area contributed by atoms with E-state index in [1.165, 1.54) is 24.3 Å². The van der Waals surface area contributed by atoms with Gasteiger partial charge in [0.05, 0.1) is 17.7 Å². The first kappa shape index (κ1) is 15.2. The molecule has 1 heterocycles. The molecule has 0 radical (unpaired) electrons. The average Bonchev–Trinajstić information content (AvgIpc) is 2.88. The van der Waals surface area contributed by atoms with Gasteiger partial charge in [-0.1, -0.05) is 12.1 Å². The van der Waals surface area contributed by atoms with E-state index in [-0.39, 0.29) is 29.2 Å². The maximum absolute atomic E-state index is 12.4. The van der Waals surface area contributed by atoms with E-state index in [4.69, 9.17) is 10.5 Å². The van der Waals surface area contributed by atoms with Gasteiger partial charge in [-0.05, 0) is 13.0 Å². The van der Waals surface area contributed by atoms with E-state index in [0.717, 1.165) is 10.9 Å². The van der Waals surface area contributed by atoms with Crippen LogP contribution in [0, 0.1) is 10.1 Å². The molecule has 2 aromatic rings. The van der Waals surface area contributed by atoms with Gasteiger partial charge in [0, 0.05) is 6.07 Å². The molecule has 0 aliphatic carbocycles. The Morgan fingerprint density at radius 2 is 2.05 bits per heavy atom. The van der Waals surface area contributed by atoms with Crippen molar-refractivity contribution in [3.05, 3.63) is 51.7 Å². The van der Waals surface area contributed by atoms with Crippen molar-refractivity contribution in [2.24, 2.45) is 0 Å². The lowest BCUT2D eigenvalue weighted by Gasteiger charge is -2.05. The summed E-state index contributed by atoms with van der Waals surface area (Å²) in [5, 5.41) is 14.7. The fraction of sp³-hybridized carbons (Fsp3) is 0.154. The van der Waals surface area contributed by atoms with Crippen LogP contribution in [0.15, 0.2) is 30.5 Å². The number of para-hydroxylation sites is 1. The lowest BCUT2D eigenvalue weighted by molar-refractivity contribution is -0.385. The first-order chi connectivity index (χ1) is 10.5. The number of nitrogens with two attached hydrogens (primary N) is 1.